The number of rotatable bonds is 6. The highest BCUT2D eigenvalue weighted by Crippen LogP contribution is 2.21. The molecule has 0 atom stereocenters. The number of nitrogens with one attached hydrogen (secondary N) is 1. The van der Waals surface area contributed by atoms with E-state index in [2.05, 4.69) is 27.5 Å². The number of fused-ring (bicyclic) bond motifs is 1. The Morgan fingerprint density at radius 2 is 2.19 bits per heavy atom. The molecule has 2 heterocycles. The van der Waals surface area contributed by atoms with Crippen LogP contribution < -0.4 is 10.1 Å². The second-order valence-electron chi connectivity index (χ2n) is 6.87. The molecule has 0 bridgehead atoms. The first-order valence-corrected chi connectivity index (χ1v) is 9.12. The van der Waals surface area contributed by atoms with Gasteiger partial charge in [-0.25, -0.2) is 0 Å². The molecule has 0 radical (unpaired) electrons. The van der Waals surface area contributed by atoms with Crippen molar-refractivity contribution in [3.8, 4) is 5.75 Å². The van der Waals surface area contributed by atoms with Gasteiger partial charge in [0.1, 0.15) is 5.75 Å². The molecular formula is C20H24N4O2. The van der Waals surface area contributed by atoms with Gasteiger partial charge in [-0.2, -0.15) is 5.10 Å². The summed E-state index contributed by atoms with van der Waals surface area (Å²) in [7, 11) is 1.69. The first kappa shape index (κ1) is 16.8. The maximum absolute atomic E-state index is 12.2. The predicted octanol–water partition coefficient (Wildman–Crippen LogP) is 2.31. The Bertz CT molecular complexity index is 823. The molecule has 1 amide bonds. The highest BCUT2D eigenvalue weighted by molar-refractivity contribution is 5.92. The van der Waals surface area contributed by atoms with Crippen LogP contribution in [0.25, 0.3) is 6.08 Å². The second kappa shape index (κ2) is 7.33. The minimum atomic E-state index is -0.0444. The lowest BCUT2D eigenvalue weighted by molar-refractivity contribution is 0.0945. The van der Waals surface area contributed by atoms with Crippen LogP contribution in [0.4, 0.5) is 0 Å². The summed E-state index contributed by atoms with van der Waals surface area (Å²) >= 11 is 0. The minimum absolute atomic E-state index is 0.0444. The van der Waals surface area contributed by atoms with Crippen LogP contribution in [0, 0.1) is 0 Å². The van der Waals surface area contributed by atoms with Crippen LogP contribution in [0.1, 0.15) is 34.6 Å². The fraction of sp³-hybridized carbons (Fsp3) is 0.400. The van der Waals surface area contributed by atoms with Gasteiger partial charge in [-0.3, -0.25) is 14.4 Å². The van der Waals surface area contributed by atoms with Gasteiger partial charge in [0.05, 0.1) is 19.3 Å². The number of benzene rings is 1. The molecule has 2 aliphatic rings. The molecule has 1 saturated carbocycles. The molecule has 1 aliphatic heterocycles. The van der Waals surface area contributed by atoms with Crippen molar-refractivity contribution in [2.45, 2.75) is 32.0 Å². The topological polar surface area (TPSA) is 59.4 Å². The van der Waals surface area contributed by atoms with Crippen molar-refractivity contribution in [3.63, 3.8) is 0 Å². The van der Waals surface area contributed by atoms with E-state index >= 15 is 0 Å². The fourth-order valence-electron chi connectivity index (χ4n) is 3.21. The number of nitrogens with zero attached hydrogens (tertiary/aromatic N) is 3. The lowest BCUT2D eigenvalue weighted by Gasteiger charge is -2.26. The van der Waals surface area contributed by atoms with Gasteiger partial charge in [-0.05, 0) is 25.0 Å². The molecule has 1 aliphatic carbocycles. The lowest BCUT2D eigenvalue weighted by Crippen LogP contribution is -2.33. The highest BCUT2D eigenvalue weighted by atomic mass is 16.5. The molecule has 2 aromatic rings. The summed E-state index contributed by atoms with van der Waals surface area (Å²) in [6, 6.07) is 10.3. The summed E-state index contributed by atoms with van der Waals surface area (Å²) in [5.41, 5.74) is 2.72. The molecule has 6 heteroatoms. The van der Waals surface area contributed by atoms with Gasteiger partial charge in [0, 0.05) is 31.2 Å². The maximum atomic E-state index is 12.2. The summed E-state index contributed by atoms with van der Waals surface area (Å²) in [5, 5.41) is 7.46. The third-order valence-corrected chi connectivity index (χ3v) is 4.82. The number of methoxy groups -OCH3 is 1. The Kier molecular flexibility index (Phi) is 4.75. The van der Waals surface area contributed by atoms with Gasteiger partial charge in [-0.1, -0.05) is 30.4 Å². The standard InChI is InChI=1S/C20H24N4O2/c1-26-19-7-3-2-5-15(19)6-4-10-23-11-12-24-17(14-23)13-18(22-24)20(25)21-16-8-9-16/h2-7,13,16H,8-12,14H2,1H3,(H,21,25)/b6-4+. The zero-order chi connectivity index (χ0) is 17.9. The van der Waals surface area contributed by atoms with Crippen LogP contribution in [0.3, 0.4) is 0 Å². The fourth-order valence-corrected chi connectivity index (χ4v) is 3.21. The van der Waals surface area contributed by atoms with Crippen LogP contribution in [0.5, 0.6) is 5.75 Å². The van der Waals surface area contributed by atoms with Gasteiger partial charge in [0.25, 0.3) is 5.91 Å². The average Bonchev–Trinajstić information content (AvgIpc) is 3.37. The molecule has 0 unspecified atom stereocenters. The average molecular weight is 352 g/mol. The van der Waals surface area contributed by atoms with E-state index in [9.17, 15) is 4.79 Å². The third kappa shape index (κ3) is 3.80. The molecule has 1 fully saturated rings. The van der Waals surface area contributed by atoms with E-state index in [0.29, 0.717) is 11.7 Å². The summed E-state index contributed by atoms with van der Waals surface area (Å²) in [5.74, 6) is 0.837. The number of aromatic nitrogens is 2. The quantitative estimate of drug-likeness (QED) is 0.867. The number of amides is 1. The van der Waals surface area contributed by atoms with Gasteiger partial charge in [0.2, 0.25) is 0 Å². The smallest absolute Gasteiger partial charge is 0.272 e. The zero-order valence-corrected chi connectivity index (χ0v) is 15.0. The van der Waals surface area contributed by atoms with Crippen LogP contribution in [-0.4, -0.2) is 46.8 Å². The monoisotopic (exact) mass is 352 g/mol. The number of carbonyl (C=O) groups excluding carboxylic acids is 1. The van der Waals surface area contributed by atoms with Gasteiger partial charge < -0.3 is 10.1 Å². The molecule has 1 aromatic heterocycles. The number of para-hydroxylation sites is 1. The van der Waals surface area contributed by atoms with Crippen LogP contribution in [0.2, 0.25) is 0 Å². The molecule has 26 heavy (non-hydrogen) atoms. The van der Waals surface area contributed by atoms with Gasteiger partial charge >= 0.3 is 0 Å². The van der Waals surface area contributed by atoms with E-state index < -0.39 is 0 Å². The Hall–Kier alpha value is -2.60. The molecule has 136 valence electrons. The Labute approximate surface area is 153 Å². The normalized spacial score (nSPS) is 17.3. The lowest BCUT2D eigenvalue weighted by atomic mass is 10.2. The predicted molar refractivity (Wildman–Crippen MR) is 100 cm³/mol. The van der Waals surface area contributed by atoms with Gasteiger partial charge in [0.15, 0.2) is 5.69 Å². The van der Waals surface area contributed by atoms with Crippen molar-refractivity contribution in [2.24, 2.45) is 0 Å². The number of hydrogen-bond acceptors (Lipinski definition) is 4. The Balaban J connectivity index is 1.36. The zero-order valence-electron chi connectivity index (χ0n) is 15.0. The molecule has 6 nitrogen and oxygen atoms in total. The van der Waals surface area contributed by atoms with Crippen molar-refractivity contribution < 1.29 is 9.53 Å². The first-order valence-electron chi connectivity index (χ1n) is 9.12. The van der Waals surface area contributed by atoms with E-state index in [1.54, 1.807) is 7.11 Å². The number of carbonyl (C=O) groups is 1. The van der Waals surface area contributed by atoms with Crippen LogP contribution in [-0.2, 0) is 13.1 Å². The van der Waals surface area contributed by atoms with Crippen molar-refractivity contribution in [1.29, 1.82) is 0 Å². The van der Waals surface area contributed by atoms with Crippen molar-refractivity contribution in [2.75, 3.05) is 20.2 Å². The summed E-state index contributed by atoms with van der Waals surface area (Å²) in [6.45, 7) is 3.40. The van der Waals surface area contributed by atoms with Crippen molar-refractivity contribution >= 4 is 12.0 Å². The number of ether oxygens (including phenoxy) is 1. The van der Waals surface area contributed by atoms with Crippen LogP contribution in [0.15, 0.2) is 36.4 Å². The molecular weight excluding hydrogens is 328 g/mol. The SMILES string of the molecule is COc1ccccc1/C=C/CN1CCn2nc(C(=O)NC3CC3)cc2C1. The van der Waals surface area contributed by atoms with E-state index in [4.69, 9.17) is 4.74 Å². The van der Waals surface area contributed by atoms with E-state index in [-0.39, 0.29) is 5.91 Å². The minimum Gasteiger partial charge on any atom is -0.496 e. The molecule has 4 rings (SSSR count). The van der Waals surface area contributed by atoms with Crippen molar-refractivity contribution in [1.82, 2.24) is 20.0 Å². The largest absolute Gasteiger partial charge is 0.496 e. The Morgan fingerprint density at radius 3 is 3.00 bits per heavy atom. The molecule has 1 aromatic carbocycles. The van der Waals surface area contributed by atoms with E-state index in [1.807, 2.05) is 35.0 Å². The molecule has 1 N–H and O–H groups in total. The molecule has 0 spiro atoms. The van der Waals surface area contributed by atoms with E-state index in [0.717, 1.165) is 56.0 Å². The van der Waals surface area contributed by atoms with Crippen molar-refractivity contribution in [3.05, 3.63) is 53.4 Å². The van der Waals surface area contributed by atoms with E-state index in [1.165, 1.54) is 0 Å². The highest BCUT2D eigenvalue weighted by Gasteiger charge is 2.26. The Morgan fingerprint density at radius 1 is 1.35 bits per heavy atom. The van der Waals surface area contributed by atoms with Crippen LogP contribution >= 0.6 is 0 Å². The number of hydrogen-bond donors (Lipinski definition) is 1. The molecule has 0 saturated heterocycles. The third-order valence-electron chi connectivity index (χ3n) is 4.82. The van der Waals surface area contributed by atoms with Gasteiger partial charge in [-0.15, -0.1) is 0 Å². The summed E-state index contributed by atoms with van der Waals surface area (Å²) in [6.07, 6.45) is 6.43. The first-order chi connectivity index (χ1) is 12.7. The maximum Gasteiger partial charge on any atom is 0.272 e. The second-order valence-corrected chi connectivity index (χ2v) is 6.87. The summed E-state index contributed by atoms with van der Waals surface area (Å²) in [4.78, 5) is 14.5. The summed E-state index contributed by atoms with van der Waals surface area (Å²) < 4.78 is 7.34.